The minimum atomic E-state index is -0.502. The molecule has 0 aliphatic carbocycles. The van der Waals surface area contributed by atoms with E-state index in [0.717, 1.165) is 4.90 Å². The van der Waals surface area contributed by atoms with Gasteiger partial charge in [-0.25, -0.2) is 4.90 Å². The maximum atomic E-state index is 13.4. The standard InChI is InChI=1S/C25H20ClN3O4/c1-15(30)27-17-8-11-19(12-9-17)29-24(31)22(16-6-4-3-5-7-16)23(25(29)32)28-18-10-13-21(33-2)20(26)14-18/h3-14,28H,1-2H3,(H,27,30). The largest absolute Gasteiger partial charge is 0.495 e. The number of hydrogen-bond acceptors (Lipinski definition) is 5. The van der Waals surface area contributed by atoms with Gasteiger partial charge in [0.15, 0.2) is 0 Å². The number of rotatable bonds is 6. The molecule has 0 bridgehead atoms. The van der Waals surface area contributed by atoms with Crippen LogP contribution in [-0.2, 0) is 14.4 Å². The van der Waals surface area contributed by atoms with Crippen LogP contribution in [-0.4, -0.2) is 24.8 Å². The molecule has 0 radical (unpaired) electrons. The van der Waals surface area contributed by atoms with Gasteiger partial charge in [-0.15, -0.1) is 0 Å². The Morgan fingerprint density at radius 1 is 0.909 bits per heavy atom. The van der Waals surface area contributed by atoms with Crippen LogP contribution in [0.1, 0.15) is 12.5 Å². The summed E-state index contributed by atoms with van der Waals surface area (Å²) in [6, 6.07) is 20.5. The second-order valence-electron chi connectivity index (χ2n) is 7.26. The summed E-state index contributed by atoms with van der Waals surface area (Å²) in [6.45, 7) is 1.40. The number of nitrogens with zero attached hydrogens (tertiary/aromatic N) is 1. The molecule has 0 saturated heterocycles. The molecule has 1 aliphatic rings. The lowest BCUT2D eigenvalue weighted by Crippen LogP contribution is -2.32. The zero-order chi connectivity index (χ0) is 23.5. The van der Waals surface area contributed by atoms with Crippen molar-refractivity contribution in [1.82, 2.24) is 0 Å². The molecule has 8 heteroatoms. The van der Waals surface area contributed by atoms with E-state index in [0.29, 0.717) is 33.4 Å². The van der Waals surface area contributed by atoms with Crippen molar-refractivity contribution in [3.05, 3.63) is 89.1 Å². The highest BCUT2D eigenvalue weighted by atomic mass is 35.5. The topological polar surface area (TPSA) is 87.7 Å². The summed E-state index contributed by atoms with van der Waals surface area (Å²) >= 11 is 6.24. The van der Waals surface area contributed by atoms with Crippen molar-refractivity contribution in [3.63, 3.8) is 0 Å². The molecular weight excluding hydrogens is 442 g/mol. The van der Waals surface area contributed by atoms with E-state index in [9.17, 15) is 14.4 Å². The Bertz CT molecular complexity index is 1270. The summed E-state index contributed by atoms with van der Waals surface area (Å²) in [5.41, 5.74) is 2.48. The number of methoxy groups -OCH3 is 1. The van der Waals surface area contributed by atoms with E-state index in [4.69, 9.17) is 16.3 Å². The zero-order valence-electron chi connectivity index (χ0n) is 17.9. The van der Waals surface area contributed by atoms with Crippen molar-refractivity contribution in [3.8, 4) is 5.75 Å². The van der Waals surface area contributed by atoms with E-state index in [1.807, 2.05) is 6.07 Å². The number of carbonyl (C=O) groups excluding carboxylic acids is 3. The van der Waals surface area contributed by atoms with E-state index in [1.165, 1.54) is 14.0 Å². The number of amides is 3. The minimum absolute atomic E-state index is 0.137. The molecule has 1 aliphatic heterocycles. The van der Waals surface area contributed by atoms with Gasteiger partial charge in [0.1, 0.15) is 11.4 Å². The van der Waals surface area contributed by atoms with Gasteiger partial charge >= 0.3 is 0 Å². The van der Waals surface area contributed by atoms with Gasteiger partial charge in [0.05, 0.1) is 23.4 Å². The molecule has 166 valence electrons. The predicted molar refractivity (Wildman–Crippen MR) is 128 cm³/mol. The van der Waals surface area contributed by atoms with Gasteiger partial charge in [0.25, 0.3) is 11.8 Å². The third-order valence-corrected chi connectivity index (χ3v) is 5.31. The van der Waals surface area contributed by atoms with Gasteiger partial charge < -0.3 is 15.4 Å². The molecule has 0 spiro atoms. The van der Waals surface area contributed by atoms with Crippen LogP contribution in [0.3, 0.4) is 0 Å². The number of imide groups is 1. The fourth-order valence-corrected chi connectivity index (χ4v) is 3.80. The Labute approximate surface area is 195 Å². The lowest BCUT2D eigenvalue weighted by atomic mass is 10.0. The maximum absolute atomic E-state index is 13.4. The number of nitrogens with one attached hydrogen (secondary N) is 2. The molecule has 7 nitrogen and oxygen atoms in total. The molecule has 3 aromatic carbocycles. The second kappa shape index (κ2) is 9.18. The Balaban J connectivity index is 1.73. The minimum Gasteiger partial charge on any atom is -0.495 e. The molecular formula is C25H20ClN3O4. The van der Waals surface area contributed by atoms with Crippen molar-refractivity contribution in [2.45, 2.75) is 6.92 Å². The third kappa shape index (κ3) is 4.44. The van der Waals surface area contributed by atoms with Gasteiger partial charge in [0, 0.05) is 18.3 Å². The second-order valence-corrected chi connectivity index (χ2v) is 7.67. The first kappa shape index (κ1) is 22.1. The molecule has 0 aromatic heterocycles. The fourth-order valence-electron chi connectivity index (χ4n) is 3.54. The van der Waals surface area contributed by atoms with Crippen LogP contribution in [0.25, 0.3) is 5.57 Å². The van der Waals surface area contributed by atoms with Crippen molar-refractivity contribution in [2.75, 3.05) is 22.6 Å². The number of halogens is 1. The molecule has 0 unspecified atom stereocenters. The molecule has 2 N–H and O–H groups in total. The predicted octanol–water partition coefficient (Wildman–Crippen LogP) is 4.70. The molecule has 1 heterocycles. The molecule has 0 fully saturated rings. The zero-order valence-corrected chi connectivity index (χ0v) is 18.6. The first-order valence-electron chi connectivity index (χ1n) is 10.1. The molecule has 0 atom stereocenters. The smallest absolute Gasteiger partial charge is 0.282 e. The Hall–Kier alpha value is -4.10. The van der Waals surface area contributed by atoms with E-state index >= 15 is 0 Å². The fraction of sp³-hybridized carbons (Fsp3) is 0.0800. The van der Waals surface area contributed by atoms with Crippen LogP contribution in [0, 0.1) is 0 Å². The Kier molecular flexibility index (Phi) is 6.15. The summed E-state index contributed by atoms with van der Waals surface area (Å²) in [7, 11) is 1.51. The normalized spacial score (nSPS) is 13.4. The average molecular weight is 462 g/mol. The van der Waals surface area contributed by atoms with Gasteiger partial charge in [-0.1, -0.05) is 41.9 Å². The van der Waals surface area contributed by atoms with Crippen LogP contribution < -0.4 is 20.3 Å². The number of ether oxygens (including phenoxy) is 1. The van der Waals surface area contributed by atoms with Crippen LogP contribution in [0.5, 0.6) is 5.75 Å². The van der Waals surface area contributed by atoms with Gasteiger partial charge in [0.2, 0.25) is 5.91 Å². The highest BCUT2D eigenvalue weighted by molar-refractivity contribution is 6.46. The lowest BCUT2D eigenvalue weighted by Gasteiger charge is -2.16. The first-order valence-corrected chi connectivity index (χ1v) is 10.4. The van der Waals surface area contributed by atoms with Gasteiger partial charge in [-0.05, 0) is 48.0 Å². The van der Waals surface area contributed by atoms with Gasteiger partial charge in [-0.2, -0.15) is 0 Å². The summed E-state index contributed by atoms with van der Waals surface area (Å²) in [5, 5.41) is 6.10. The number of anilines is 3. The first-order chi connectivity index (χ1) is 15.9. The van der Waals surface area contributed by atoms with E-state index in [1.54, 1.807) is 66.7 Å². The quantitative estimate of drug-likeness (QED) is 0.519. The number of benzene rings is 3. The molecule has 3 amide bonds. The highest BCUT2D eigenvalue weighted by Crippen LogP contribution is 2.35. The van der Waals surface area contributed by atoms with Crippen molar-refractivity contribution in [2.24, 2.45) is 0 Å². The van der Waals surface area contributed by atoms with Crippen LogP contribution in [0.2, 0.25) is 5.02 Å². The Morgan fingerprint density at radius 2 is 1.58 bits per heavy atom. The van der Waals surface area contributed by atoms with E-state index < -0.39 is 11.8 Å². The molecule has 33 heavy (non-hydrogen) atoms. The average Bonchev–Trinajstić information content (AvgIpc) is 3.04. The third-order valence-electron chi connectivity index (χ3n) is 5.01. The monoisotopic (exact) mass is 461 g/mol. The molecule has 4 rings (SSSR count). The Morgan fingerprint density at radius 3 is 2.18 bits per heavy atom. The number of hydrogen-bond donors (Lipinski definition) is 2. The van der Waals surface area contributed by atoms with Crippen LogP contribution in [0.4, 0.5) is 17.1 Å². The van der Waals surface area contributed by atoms with E-state index in [2.05, 4.69) is 10.6 Å². The molecule has 0 saturated carbocycles. The highest BCUT2D eigenvalue weighted by Gasteiger charge is 2.40. The summed E-state index contributed by atoms with van der Waals surface area (Å²) in [5.74, 6) is -0.679. The number of carbonyl (C=O) groups is 3. The maximum Gasteiger partial charge on any atom is 0.282 e. The summed E-state index contributed by atoms with van der Waals surface area (Å²) < 4.78 is 5.18. The van der Waals surface area contributed by atoms with Crippen molar-refractivity contribution in [1.29, 1.82) is 0 Å². The van der Waals surface area contributed by atoms with Crippen molar-refractivity contribution < 1.29 is 19.1 Å². The lowest BCUT2D eigenvalue weighted by molar-refractivity contribution is -0.120. The SMILES string of the molecule is COc1ccc(NC2=C(c3ccccc3)C(=O)N(c3ccc(NC(C)=O)cc3)C2=O)cc1Cl. The molecule has 3 aromatic rings. The summed E-state index contributed by atoms with van der Waals surface area (Å²) in [6.07, 6.45) is 0. The van der Waals surface area contributed by atoms with Crippen molar-refractivity contribution >= 4 is 52.0 Å². The van der Waals surface area contributed by atoms with E-state index in [-0.39, 0.29) is 17.2 Å². The van der Waals surface area contributed by atoms with Crippen LogP contribution >= 0.6 is 11.6 Å². The van der Waals surface area contributed by atoms with Gasteiger partial charge in [-0.3, -0.25) is 14.4 Å². The summed E-state index contributed by atoms with van der Waals surface area (Å²) in [4.78, 5) is 39.3. The van der Waals surface area contributed by atoms with Crippen LogP contribution in [0.15, 0.2) is 78.5 Å².